The van der Waals surface area contributed by atoms with Crippen molar-refractivity contribution in [3.8, 4) is 0 Å². The molecule has 0 bridgehead atoms. The summed E-state index contributed by atoms with van der Waals surface area (Å²) >= 11 is 0. The Morgan fingerprint density at radius 2 is 2.35 bits per heavy atom. The second-order valence-corrected chi connectivity index (χ2v) is 4.42. The van der Waals surface area contributed by atoms with Crippen molar-refractivity contribution in [3.05, 3.63) is 30.1 Å². The zero-order valence-electron chi connectivity index (χ0n) is 10.3. The number of hydrogen-bond donors (Lipinski definition) is 0. The minimum atomic E-state index is -0.200. The van der Waals surface area contributed by atoms with E-state index in [0.29, 0.717) is 12.6 Å². The Morgan fingerprint density at radius 3 is 2.88 bits per heavy atom. The average molecular weight is 234 g/mol. The minimum Gasteiger partial charge on any atom is -0.468 e. The standard InChI is InChI=1S/C13H18N2O2/c1-10(13(16)17-2)15(12-6-7-12)9-11-5-3-4-8-14-11/h3-5,8,10,12H,6-7,9H2,1-2H3/t10-/m0/s1. The summed E-state index contributed by atoms with van der Waals surface area (Å²) in [7, 11) is 1.44. The number of carbonyl (C=O) groups excluding carboxylic acids is 1. The summed E-state index contributed by atoms with van der Waals surface area (Å²) < 4.78 is 4.81. The number of aromatic nitrogens is 1. The third kappa shape index (κ3) is 3.03. The SMILES string of the molecule is COC(=O)[C@H](C)N(Cc1ccccn1)C1CC1. The van der Waals surface area contributed by atoms with Gasteiger partial charge in [-0.15, -0.1) is 0 Å². The lowest BCUT2D eigenvalue weighted by molar-refractivity contribution is -0.146. The fourth-order valence-corrected chi connectivity index (χ4v) is 1.97. The van der Waals surface area contributed by atoms with Gasteiger partial charge in [-0.25, -0.2) is 0 Å². The summed E-state index contributed by atoms with van der Waals surface area (Å²) in [4.78, 5) is 18.1. The average Bonchev–Trinajstić information content (AvgIpc) is 3.19. The maximum atomic E-state index is 11.6. The van der Waals surface area contributed by atoms with Gasteiger partial charge in [-0.1, -0.05) is 6.07 Å². The van der Waals surface area contributed by atoms with Crippen LogP contribution in [0.25, 0.3) is 0 Å². The van der Waals surface area contributed by atoms with Gasteiger partial charge in [0.25, 0.3) is 0 Å². The van der Waals surface area contributed by atoms with E-state index < -0.39 is 0 Å². The van der Waals surface area contributed by atoms with Crippen molar-refractivity contribution in [2.24, 2.45) is 0 Å². The van der Waals surface area contributed by atoms with Gasteiger partial charge in [0.15, 0.2) is 0 Å². The largest absolute Gasteiger partial charge is 0.468 e. The Morgan fingerprint density at radius 1 is 1.59 bits per heavy atom. The third-order valence-corrected chi connectivity index (χ3v) is 3.13. The molecular formula is C13H18N2O2. The van der Waals surface area contributed by atoms with Crippen molar-refractivity contribution in [3.63, 3.8) is 0 Å². The van der Waals surface area contributed by atoms with Gasteiger partial charge in [0.05, 0.1) is 12.8 Å². The molecule has 0 N–H and O–H groups in total. The van der Waals surface area contributed by atoms with Gasteiger partial charge in [0.1, 0.15) is 6.04 Å². The van der Waals surface area contributed by atoms with Gasteiger partial charge < -0.3 is 4.74 Å². The number of carbonyl (C=O) groups is 1. The molecule has 0 spiro atoms. The molecule has 0 aliphatic heterocycles. The van der Waals surface area contributed by atoms with Gasteiger partial charge in [-0.05, 0) is 31.9 Å². The van der Waals surface area contributed by atoms with E-state index in [4.69, 9.17) is 4.74 Å². The van der Waals surface area contributed by atoms with E-state index in [1.54, 1.807) is 6.20 Å². The number of hydrogen-bond acceptors (Lipinski definition) is 4. The zero-order chi connectivity index (χ0) is 12.3. The number of methoxy groups -OCH3 is 1. The van der Waals surface area contributed by atoms with E-state index in [-0.39, 0.29) is 12.0 Å². The van der Waals surface area contributed by atoms with Crippen molar-refractivity contribution in [2.75, 3.05) is 7.11 Å². The molecule has 1 aliphatic rings. The molecule has 4 nitrogen and oxygen atoms in total. The fraction of sp³-hybridized carbons (Fsp3) is 0.538. The molecule has 4 heteroatoms. The maximum absolute atomic E-state index is 11.6. The first kappa shape index (κ1) is 12.0. The van der Waals surface area contributed by atoms with E-state index >= 15 is 0 Å². The second kappa shape index (κ2) is 5.27. The highest BCUT2D eigenvalue weighted by atomic mass is 16.5. The molecule has 92 valence electrons. The predicted octanol–water partition coefficient (Wildman–Crippen LogP) is 1.61. The number of pyridine rings is 1. The van der Waals surface area contributed by atoms with E-state index in [9.17, 15) is 4.79 Å². The van der Waals surface area contributed by atoms with E-state index in [1.165, 1.54) is 7.11 Å². The minimum absolute atomic E-state index is 0.173. The van der Waals surface area contributed by atoms with Crippen LogP contribution < -0.4 is 0 Å². The van der Waals surface area contributed by atoms with Crippen LogP contribution in [0.15, 0.2) is 24.4 Å². The molecule has 0 aromatic carbocycles. The van der Waals surface area contributed by atoms with Crippen molar-refractivity contribution < 1.29 is 9.53 Å². The Kier molecular flexibility index (Phi) is 3.74. The van der Waals surface area contributed by atoms with Gasteiger partial charge in [0.2, 0.25) is 0 Å². The Hall–Kier alpha value is -1.42. The van der Waals surface area contributed by atoms with Crippen LogP contribution in [-0.2, 0) is 16.1 Å². The zero-order valence-corrected chi connectivity index (χ0v) is 10.3. The molecule has 0 saturated heterocycles. The number of esters is 1. The van der Waals surface area contributed by atoms with Crippen molar-refractivity contribution in [1.29, 1.82) is 0 Å². The van der Waals surface area contributed by atoms with Crippen LogP contribution in [0.3, 0.4) is 0 Å². The van der Waals surface area contributed by atoms with E-state index in [2.05, 4.69) is 9.88 Å². The van der Waals surface area contributed by atoms with E-state index in [0.717, 1.165) is 18.5 Å². The highest BCUT2D eigenvalue weighted by molar-refractivity contribution is 5.75. The summed E-state index contributed by atoms with van der Waals surface area (Å²) in [6, 6.07) is 6.16. The lowest BCUT2D eigenvalue weighted by Crippen LogP contribution is -2.40. The summed E-state index contributed by atoms with van der Waals surface area (Å²) in [6.45, 7) is 2.61. The first-order valence-corrected chi connectivity index (χ1v) is 5.96. The number of nitrogens with zero attached hydrogens (tertiary/aromatic N) is 2. The smallest absolute Gasteiger partial charge is 0.322 e. The van der Waals surface area contributed by atoms with Crippen LogP contribution in [0, 0.1) is 0 Å². The second-order valence-electron chi connectivity index (χ2n) is 4.42. The van der Waals surface area contributed by atoms with Crippen LogP contribution in [0.4, 0.5) is 0 Å². The van der Waals surface area contributed by atoms with Crippen molar-refractivity contribution in [2.45, 2.75) is 38.4 Å². The lowest BCUT2D eigenvalue weighted by Gasteiger charge is -2.26. The van der Waals surface area contributed by atoms with Gasteiger partial charge in [0, 0.05) is 18.8 Å². The Labute approximate surface area is 102 Å². The number of ether oxygens (including phenoxy) is 1. The molecule has 1 saturated carbocycles. The summed E-state index contributed by atoms with van der Waals surface area (Å²) in [5.41, 5.74) is 0.996. The first-order chi connectivity index (χ1) is 8.22. The maximum Gasteiger partial charge on any atom is 0.322 e. The molecule has 0 radical (unpaired) electrons. The molecule has 17 heavy (non-hydrogen) atoms. The van der Waals surface area contributed by atoms with Crippen LogP contribution in [0.2, 0.25) is 0 Å². The predicted molar refractivity (Wildman–Crippen MR) is 64.3 cm³/mol. The Balaban J connectivity index is 2.05. The van der Waals surface area contributed by atoms with Crippen molar-refractivity contribution in [1.82, 2.24) is 9.88 Å². The van der Waals surface area contributed by atoms with Crippen LogP contribution in [0.5, 0.6) is 0 Å². The van der Waals surface area contributed by atoms with Gasteiger partial charge in [-0.2, -0.15) is 0 Å². The molecule has 1 aromatic heterocycles. The fourth-order valence-electron chi connectivity index (χ4n) is 1.97. The number of rotatable bonds is 5. The highest BCUT2D eigenvalue weighted by Crippen LogP contribution is 2.30. The summed E-state index contributed by atoms with van der Waals surface area (Å²) in [6.07, 6.45) is 4.10. The molecule has 0 amide bonds. The van der Waals surface area contributed by atoms with Crippen LogP contribution >= 0.6 is 0 Å². The highest BCUT2D eigenvalue weighted by Gasteiger charge is 2.35. The normalized spacial score (nSPS) is 16.9. The van der Waals surface area contributed by atoms with Gasteiger partial charge in [-0.3, -0.25) is 14.7 Å². The van der Waals surface area contributed by atoms with Crippen molar-refractivity contribution >= 4 is 5.97 Å². The first-order valence-electron chi connectivity index (χ1n) is 5.96. The molecular weight excluding hydrogens is 216 g/mol. The molecule has 1 heterocycles. The Bertz CT molecular complexity index is 376. The van der Waals surface area contributed by atoms with E-state index in [1.807, 2.05) is 25.1 Å². The molecule has 1 aromatic rings. The molecule has 1 aliphatic carbocycles. The molecule has 1 atom stereocenters. The van der Waals surface area contributed by atoms with Crippen LogP contribution in [-0.4, -0.2) is 35.0 Å². The quantitative estimate of drug-likeness (QED) is 0.726. The molecule has 0 unspecified atom stereocenters. The van der Waals surface area contributed by atoms with Gasteiger partial charge >= 0.3 is 5.97 Å². The van der Waals surface area contributed by atoms with Crippen LogP contribution in [0.1, 0.15) is 25.5 Å². The molecule has 2 rings (SSSR count). The topological polar surface area (TPSA) is 42.4 Å². The summed E-state index contributed by atoms with van der Waals surface area (Å²) in [5.74, 6) is -0.173. The lowest BCUT2D eigenvalue weighted by atomic mass is 10.2. The summed E-state index contributed by atoms with van der Waals surface area (Å²) in [5, 5.41) is 0. The monoisotopic (exact) mass is 234 g/mol. The molecule has 1 fully saturated rings. The third-order valence-electron chi connectivity index (χ3n) is 3.13.